The number of nitrogens with zero attached hydrogens (tertiary/aromatic N) is 1. The smallest absolute Gasteiger partial charge is 0.290 e. The Labute approximate surface area is 317 Å². The molecule has 0 aliphatic carbocycles. The number of amides is 2. The van der Waals surface area contributed by atoms with Gasteiger partial charge in [-0.2, -0.15) is 0 Å². The summed E-state index contributed by atoms with van der Waals surface area (Å²) < 4.78 is 38.4. The molecule has 6 aromatic rings. The van der Waals surface area contributed by atoms with E-state index in [1.807, 2.05) is 84.9 Å². The number of sulfonamides is 1. The minimum atomic E-state index is -3.77. The molecule has 11 heteroatoms. The molecule has 1 fully saturated rings. The van der Waals surface area contributed by atoms with E-state index in [1.165, 1.54) is 0 Å². The Morgan fingerprint density at radius 3 is 2.15 bits per heavy atom. The number of carbonyl (C=O) groups excluding carboxylic acids is 2. The fourth-order valence-electron chi connectivity index (χ4n) is 6.76. The number of nitrogens with one attached hydrogen (secondary N) is 2. The van der Waals surface area contributed by atoms with Crippen molar-refractivity contribution < 1.29 is 22.7 Å². The zero-order valence-corrected chi connectivity index (χ0v) is 31.2. The van der Waals surface area contributed by atoms with Crippen molar-refractivity contribution in [3.63, 3.8) is 0 Å². The highest BCUT2D eigenvalue weighted by atomic mass is 35.5. The first-order chi connectivity index (χ1) is 25.7. The van der Waals surface area contributed by atoms with E-state index in [4.69, 9.17) is 16.3 Å². The van der Waals surface area contributed by atoms with Crippen LogP contribution in [0.5, 0.6) is 5.75 Å². The molecular weight excluding hydrogens is 726 g/mol. The van der Waals surface area contributed by atoms with Gasteiger partial charge in [-0.3, -0.25) is 14.9 Å². The molecule has 0 unspecified atom stereocenters. The van der Waals surface area contributed by atoms with Crippen molar-refractivity contribution in [1.29, 1.82) is 0 Å². The second-order valence-electron chi connectivity index (χ2n) is 12.6. The zero-order valence-electron chi connectivity index (χ0n) is 28.8. The van der Waals surface area contributed by atoms with Crippen LogP contribution in [0.4, 0.5) is 4.79 Å². The van der Waals surface area contributed by atoms with Crippen molar-refractivity contribution in [1.82, 2.24) is 14.6 Å². The number of hydrogen-bond acceptors (Lipinski definition) is 6. The van der Waals surface area contributed by atoms with E-state index in [9.17, 15) is 18.0 Å². The third-order valence-electron chi connectivity index (χ3n) is 9.15. The topological polar surface area (TPSA) is 106 Å². The molecule has 2 amide bonds. The number of thioether (sulfide) groups is 1. The van der Waals surface area contributed by atoms with Crippen molar-refractivity contribution in [2.24, 2.45) is 0 Å². The molecule has 5 aromatic carbocycles. The summed E-state index contributed by atoms with van der Waals surface area (Å²) in [5.41, 5.74) is 6.59. The summed E-state index contributed by atoms with van der Waals surface area (Å²) in [5.74, 6) is 0.243. The normalized spacial score (nSPS) is 14.0. The number of hydrogen-bond donors (Lipinski definition) is 2. The summed E-state index contributed by atoms with van der Waals surface area (Å²) in [6.45, 7) is 2.30. The highest BCUT2D eigenvalue weighted by Crippen LogP contribution is 2.38. The van der Waals surface area contributed by atoms with Gasteiger partial charge in [-0.25, -0.2) is 13.1 Å². The van der Waals surface area contributed by atoms with E-state index < -0.39 is 15.9 Å². The third-order valence-corrected chi connectivity index (χ3v) is 11.8. The maximum Gasteiger partial charge on any atom is 0.290 e. The number of fused-ring (bicyclic) bond motifs is 1. The van der Waals surface area contributed by atoms with E-state index in [0.717, 1.165) is 50.6 Å². The first-order valence-electron chi connectivity index (χ1n) is 17.1. The van der Waals surface area contributed by atoms with Crippen LogP contribution in [-0.2, 0) is 27.7 Å². The molecule has 7 rings (SSSR count). The second kappa shape index (κ2) is 15.9. The SMILES string of the molecule is Cc1ccccc1S(=O)(=O)NCCc1c(CCOc2ccc(/C=C3/SC(=O)NC3=O)cc2)c2cc(Cl)ccc2n1C(c1ccccc1)c1ccccc1. The molecular formula is C42H36ClN3O5S2. The molecule has 1 aliphatic heterocycles. The number of aromatic nitrogens is 1. The van der Waals surface area contributed by atoms with Crippen LogP contribution >= 0.6 is 23.4 Å². The largest absolute Gasteiger partial charge is 0.493 e. The molecule has 53 heavy (non-hydrogen) atoms. The molecule has 8 nitrogen and oxygen atoms in total. The summed E-state index contributed by atoms with van der Waals surface area (Å²) in [6.07, 6.45) is 2.59. The molecule has 0 spiro atoms. The number of carbonyl (C=O) groups is 2. The van der Waals surface area contributed by atoms with Crippen molar-refractivity contribution >= 4 is 61.5 Å². The minimum Gasteiger partial charge on any atom is -0.493 e. The third kappa shape index (κ3) is 8.11. The fraction of sp³-hybridized carbons (Fsp3) is 0.143. The Balaban J connectivity index is 1.25. The van der Waals surface area contributed by atoms with E-state index >= 15 is 0 Å². The monoisotopic (exact) mass is 761 g/mol. The standard InChI is InChI=1S/C42H36ClN3O5S2/c1-28-10-8-9-15-39(28)53(49,50)44-24-22-37-34(23-25-51-33-19-16-29(17-20-33)26-38-41(47)45-42(48)52-38)35-27-32(43)18-21-36(35)46(37)40(30-11-4-2-5-12-30)31-13-6-3-7-14-31/h2-21,26-27,40,44H,22-25H2,1H3,(H,45,47,48)/b38-26+. The lowest BCUT2D eigenvalue weighted by atomic mass is 9.97. The van der Waals surface area contributed by atoms with E-state index in [-0.39, 0.29) is 22.7 Å². The summed E-state index contributed by atoms with van der Waals surface area (Å²) in [5, 5.41) is 3.45. The fourth-order valence-corrected chi connectivity index (χ4v) is 8.89. The van der Waals surface area contributed by atoms with Gasteiger partial charge in [0.2, 0.25) is 10.0 Å². The lowest BCUT2D eigenvalue weighted by Gasteiger charge is -2.25. The maximum atomic E-state index is 13.5. The van der Waals surface area contributed by atoms with Crippen LogP contribution < -0.4 is 14.8 Å². The molecule has 2 heterocycles. The van der Waals surface area contributed by atoms with Gasteiger partial charge in [0.15, 0.2) is 0 Å². The van der Waals surface area contributed by atoms with Crippen LogP contribution in [-0.4, -0.2) is 37.3 Å². The van der Waals surface area contributed by atoms with Gasteiger partial charge in [0, 0.05) is 41.0 Å². The molecule has 1 aliphatic rings. The molecule has 0 atom stereocenters. The van der Waals surface area contributed by atoms with E-state index in [2.05, 4.69) is 38.9 Å². The van der Waals surface area contributed by atoms with Gasteiger partial charge in [0.25, 0.3) is 11.1 Å². The van der Waals surface area contributed by atoms with Crippen molar-refractivity contribution in [2.75, 3.05) is 13.2 Å². The minimum absolute atomic E-state index is 0.170. The van der Waals surface area contributed by atoms with Crippen molar-refractivity contribution in [3.8, 4) is 5.75 Å². The van der Waals surface area contributed by atoms with Gasteiger partial charge in [-0.1, -0.05) is 103 Å². The number of imide groups is 1. The summed E-state index contributed by atoms with van der Waals surface area (Å²) in [4.78, 5) is 24.1. The molecule has 0 radical (unpaired) electrons. The highest BCUT2D eigenvalue weighted by molar-refractivity contribution is 8.18. The van der Waals surface area contributed by atoms with E-state index in [0.29, 0.717) is 40.7 Å². The molecule has 0 bridgehead atoms. The first kappa shape index (κ1) is 36.2. The average Bonchev–Trinajstić information content (AvgIpc) is 3.63. The maximum absolute atomic E-state index is 13.5. The predicted octanol–water partition coefficient (Wildman–Crippen LogP) is 8.71. The van der Waals surface area contributed by atoms with Gasteiger partial charge in [0.05, 0.1) is 22.4 Å². The Bertz CT molecular complexity index is 2390. The quantitative estimate of drug-likeness (QED) is 0.114. The van der Waals surface area contributed by atoms with Crippen LogP contribution in [0.25, 0.3) is 17.0 Å². The molecule has 268 valence electrons. The Kier molecular flexibility index (Phi) is 10.8. The highest BCUT2D eigenvalue weighted by Gasteiger charge is 2.27. The van der Waals surface area contributed by atoms with Crippen LogP contribution in [0, 0.1) is 6.92 Å². The second-order valence-corrected chi connectivity index (χ2v) is 15.8. The molecule has 1 saturated heterocycles. The van der Waals surface area contributed by atoms with E-state index in [1.54, 1.807) is 31.2 Å². The van der Waals surface area contributed by atoms with Gasteiger partial charge in [-0.05, 0) is 89.0 Å². The number of aryl methyl sites for hydroxylation is 1. The molecule has 1 aromatic heterocycles. The van der Waals surface area contributed by atoms with Crippen LogP contribution in [0.2, 0.25) is 5.02 Å². The zero-order chi connectivity index (χ0) is 37.0. The summed E-state index contributed by atoms with van der Waals surface area (Å²) >= 11 is 7.53. The van der Waals surface area contributed by atoms with Crippen LogP contribution in [0.15, 0.2) is 137 Å². The predicted molar refractivity (Wildman–Crippen MR) is 212 cm³/mol. The Morgan fingerprint density at radius 1 is 0.849 bits per heavy atom. The average molecular weight is 762 g/mol. The van der Waals surface area contributed by atoms with Crippen molar-refractivity contribution in [2.45, 2.75) is 30.7 Å². The Morgan fingerprint density at radius 2 is 1.51 bits per heavy atom. The van der Waals surface area contributed by atoms with Crippen LogP contribution in [0.1, 0.15) is 39.6 Å². The summed E-state index contributed by atoms with van der Waals surface area (Å²) in [6, 6.07) is 40.5. The van der Waals surface area contributed by atoms with Gasteiger partial charge < -0.3 is 9.30 Å². The van der Waals surface area contributed by atoms with Crippen LogP contribution in [0.3, 0.4) is 0 Å². The lowest BCUT2D eigenvalue weighted by molar-refractivity contribution is -0.115. The van der Waals surface area contributed by atoms with Gasteiger partial charge >= 0.3 is 0 Å². The van der Waals surface area contributed by atoms with Crippen molar-refractivity contribution in [3.05, 3.63) is 171 Å². The number of rotatable bonds is 13. The first-order valence-corrected chi connectivity index (χ1v) is 19.8. The number of ether oxygens (including phenoxy) is 1. The number of halogens is 1. The molecule has 2 N–H and O–H groups in total. The van der Waals surface area contributed by atoms with Gasteiger partial charge in [0.1, 0.15) is 5.75 Å². The number of benzene rings is 5. The lowest BCUT2D eigenvalue weighted by Crippen LogP contribution is -2.28. The molecule has 0 saturated carbocycles. The van der Waals surface area contributed by atoms with Gasteiger partial charge in [-0.15, -0.1) is 0 Å². The summed E-state index contributed by atoms with van der Waals surface area (Å²) in [7, 11) is -3.77. The Hall–Kier alpha value is -5.13.